The first-order valence-corrected chi connectivity index (χ1v) is 6.28. The molecule has 1 atom stereocenters. The van der Waals surface area contributed by atoms with E-state index in [4.69, 9.17) is 4.42 Å². The van der Waals surface area contributed by atoms with Crippen molar-refractivity contribution < 1.29 is 9.21 Å². The van der Waals surface area contributed by atoms with Gasteiger partial charge in [0.1, 0.15) is 0 Å². The number of aliphatic imine (C=N–C) groups is 2. The fourth-order valence-corrected chi connectivity index (χ4v) is 2.23. The molecule has 0 spiro atoms. The van der Waals surface area contributed by atoms with Crippen LogP contribution in [0, 0.1) is 0 Å². The van der Waals surface area contributed by atoms with Gasteiger partial charge < -0.3 is 4.42 Å². The van der Waals surface area contributed by atoms with E-state index in [-0.39, 0.29) is 9.83 Å². The van der Waals surface area contributed by atoms with E-state index in [1.165, 1.54) is 6.26 Å². The van der Waals surface area contributed by atoms with Crippen LogP contribution in [0.5, 0.6) is 0 Å². The first kappa shape index (κ1) is 10.6. The zero-order chi connectivity index (χ0) is 11.8. The summed E-state index contributed by atoms with van der Waals surface area (Å²) in [5.41, 5.74) is 1.23. The Morgan fingerprint density at radius 1 is 1.35 bits per heavy atom. The summed E-state index contributed by atoms with van der Waals surface area (Å²) in [6.45, 7) is 0. The Hall–Kier alpha value is -1.50. The van der Waals surface area contributed by atoms with E-state index < -0.39 is 0 Å². The molecule has 0 bridgehead atoms. The first-order valence-electron chi connectivity index (χ1n) is 5.04. The number of hydrogen-bond acceptors (Lipinski definition) is 3. The summed E-state index contributed by atoms with van der Waals surface area (Å²) < 4.78 is 5.40. The van der Waals surface area contributed by atoms with Gasteiger partial charge in [-0.25, -0.2) is 4.99 Å². The van der Waals surface area contributed by atoms with Crippen LogP contribution in [0.25, 0.3) is 0 Å². The summed E-state index contributed by atoms with van der Waals surface area (Å²) in [5.74, 6) is 0.589. The zero-order valence-electron chi connectivity index (χ0n) is 8.63. The number of rotatable bonds is 1. The number of fused-ring (bicyclic) bond motifs is 1. The minimum absolute atomic E-state index is 0.214. The molecule has 5 heteroatoms. The van der Waals surface area contributed by atoms with Crippen molar-refractivity contribution in [3.8, 4) is 0 Å². The standard InChI is InChI=1S/C12H7IN2O2/c13-7-3-4-9-8(6-7)12(16)15-11(14-9)10-2-1-5-17-10/h1-7H. The molecule has 1 aromatic heterocycles. The van der Waals surface area contributed by atoms with Crippen LogP contribution < -0.4 is 0 Å². The van der Waals surface area contributed by atoms with Crippen LogP contribution >= 0.6 is 22.6 Å². The maximum atomic E-state index is 11.9. The number of halogens is 1. The number of nitrogens with zero attached hydrogens (tertiary/aromatic N) is 2. The van der Waals surface area contributed by atoms with Gasteiger partial charge in [0.15, 0.2) is 11.6 Å². The Labute approximate surface area is 111 Å². The van der Waals surface area contributed by atoms with Gasteiger partial charge in [0.05, 0.1) is 17.5 Å². The number of amides is 1. The molecule has 0 saturated heterocycles. The van der Waals surface area contributed by atoms with E-state index in [9.17, 15) is 4.79 Å². The number of alkyl halides is 1. The van der Waals surface area contributed by atoms with E-state index >= 15 is 0 Å². The molecule has 1 unspecified atom stereocenters. The van der Waals surface area contributed by atoms with Crippen LogP contribution in [-0.2, 0) is 4.79 Å². The van der Waals surface area contributed by atoms with Gasteiger partial charge >= 0.3 is 0 Å². The normalized spacial score (nSPS) is 22.8. The molecule has 0 aromatic carbocycles. The van der Waals surface area contributed by atoms with E-state index in [1.807, 2.05) is 18.2 Å². The Morgan fingerprint density at radius 2 is 2.24 bits per heavy atom. The van der Waals surface area contributed by atoms with Crippen molar-refractivity contribution in [3.05, 3.63) is 48.0 Å². The van der Waals surface area contributed by atoms with Gasteiger partial charge in [-0.1, -0.05) is 34.7 Å². The number of hydrogen-bond donors (Lipinski definition) is 0. The summed E-state index contributed by atoms with van der Waals surface area (Å²) in [5, 5.41) is 0. The van der Waals surface area contributed by atoms with Crippen LogP contribution in [0.15, 0.2) is 56.6 Å². The Balaban J connectivity index is 2.06. The molecule has 2 aliphatic rings. The molecule has 2 heterocycles. The predicted octanol–water partition coefficient (Wildman–Crippen LogP) is 2.31. The Kier molecular flexibility index (Phi) is 2.54. The molecular weight excluding hydrogens is 331 g/mol. The third-order valence-corrected chi connectivity index (χ3v) is 3.22. The average molecular weight is 338 g/mol. The quantitative estimate of drug-likeness (QED) is 0.583. The van der Waals surface area contributed by atoms with Gasteiger partial charge in [0, 0.05) is 3.92 Å². The molecule has 4 nitrogen and oxygen atoms in total. The van der Waals surface area contributed by atoms with E-state index in [0.29, 0.717) is 22.9 Å². The SMILES string of the molecule is O=C1N=C(c2ccco2)N=C2C=CC(I)C=C12. The van der Waals surface area contributed by atoms with Crippen LogP contribution in [0.3, 0.4) is 0 Å². The van der Waals surface area contributed by atoms with Crippen molar-refractivity contribution in [2.24, 2.45) is 9.98 Å². The largest absolute Gasteiger partial charge is 0.461 e. The summed E-state index contributed by atoms with van der Waals surface area (Å²) in [6, 6.07) is 3.48. The molecule has 1 aromatic rings. The fourth-order valence-electron chi connectivity index (χ4n) is 1.66. The predicted molar refractivity (Wildman–Crippen MR) is 72.7 cm³/mol. The molecule has 84 valence electrons. The summed E-state index contributed by atoms with van der Waals surface area (Å²) >= 11 is 2.23. The van der Waals surface area contributed by atoms with Crippen molar-refractivity contribution in [1.82, 2.24) is 0 Å². The second-order valence-electron chi connectivity index (χ2n) is 3.60. The topological polar surface area (TPSA) is 54.9 Å². The lowest BCUT2D eigenvalue weighted by Gasteiger charge is -2.15. The first-order chi connectivity index (χ1) is 8.24. The highest BCUT2D eigenvalue weighted by molar-refractivity contribution is 14.1. The van der Waals surface area contributed by atoms with Crippen molar-refractivity contribution in [3.63, 3.8) is 0 Å². The second-order valence-corrected chi connectivity index (χ2v) is 5.04. The minimum Gasteiger partial charge on any atom is -0.461 e. The maximum absolute atomic E-state index is 11.9. The van der Waals surface area contributed by atoms with Crippen molar-refractivity contribution in [2.45, 2.75) is 3.92 Å². The third-order valence-electron chi connectivity index (χ3n) is 2.45. The highest BCUT2D eigenvalue weighted by atomic mass is 127. The third kappa shape index (κ3) is 1.90. The monoisotopic (exact) mass is 338 g/mol. The molecule has 1 aliphatic heterocycles. The molecule has 0 saturated carbocycles. The summed E-state index contributed by atoms with van der Waals surface area (Å²) in [6.07, 6.45) is 7.23. The van der Waals surface area contributed by atoms with Gasteiger partial charge in [-0.05, 0) is 18.2 Å². The molecule has 0 N–H and O–H groups in total. The highest BCUT2D eigenvalue weighted by Gasteiger charge is 2.24. The maximum Gasteiger partial charge on any atom is 0.281 e. The fraction of sp³-hybridized carbons (Fsp3) is 0.0833. The second kappa shape index (κ2) is 4.06. The number of carbonyl (C=O) groups is 1. The molecule has 3 rings (SSSR count). The minimum atomic E-state index is -0.257. The lowest BCUT2D eigenvalue weighted by Crippen LogP contribution is -2.22. The Bertz CT molecular complexity index is 594. The molecule has 1 amide bonds. The van der Waals surface area contributed by atoms with Gasteiger partial charge in [-0.3, -0.25) is 4.79 Å². The van der Waals surface area contributed by atoms with Gasteiger partial charge in [-0.2, -0.15) is 4.99 Å². The van der Waals surface area contributed by atoms with E-state index in [1.54, 1.807) is 12.1 Å². The van der Waals surface area contributed by atoms with Crippen molar-refractivity contribution >= 4 is 40.0 Å². The molecule has 0 fully saturated rings. The van der Waals surface area contributed by atoms with Crippen LogP contribution in [0.2, 0.25) is 0 Å². The number of furan rings is 1. The lowest BCUT2D eigenvalue weighted by atomic mass is 10.0. The highest BCUT2D eigenvalue weighted by Crippen LogP contribution is 2.21. The van der Waals surface area contributed by atoms with Gasteiger partial charge in [-0.15, -0.1) is 0 Å². The Morgan fingerprint density at radius 3 is 3.00 bits per heavy atom. The average Bonchev–Trinajstić information content (AvgIpc) is 2.83. The number of amidine groups is 1. The van der Waals surface area contributed by atoms with Crippen LogP contribution in [0.4, 0.5) is 0 Å². The molecule has 1 aliphatic carbocycles. The number of allylic oxidation sites excluding steroid dienone is 3. The van der Waals surface area contributed by atoms with E-state index in [2.05, 4.69) is 32.6 Å². The molecule has 17 heavy (non-hydrogen) atoms. The van der Waals surface area contributed by atoms with Gasteiger partial charge in [0.2, 0.25) is 0 Å². The van der Waals surface area contributed by atoms with Crippen molar-refractivity contribution in [2.75, 3.05) is 0 Å². The van der Waals surface area contributed by atoms with E-state index in [0.717, 1.165) is 0 Å². The van der Waals surface area contributed by atoms with Crippen LogP contribution in [-0.4, -0.2) is 21.4 Å². The summed E-state index contributed by atoms with van der Waals surface area (Å²) in [4.78, 5) is 20.1. The zero-order valence-corrected chi connectivity index (χ0v) is 10.8. The number of carbonyl (C=O) groups excluding carboxylic acids is 1. The lowest BCUT2D eigenvalue weighted by molar-refractivity contribution is -0.113. The molecule has 0 radical (unpaired) electrons. The van der Waals surface area contributed by atoms with Crippen LogP contribution in [0.1, 0.15) is 5.76 Å². The van der Waals surface area contributed by atoms with Gasteiger partial charge in [0.25, 0.3) is 5.91 Å². The summed E-state index contributed by atoms with van der Waals surface area (Å²) in [7, 11) is 0. The molecular formula is C12H7IN2O2. The van der Waals surface area contributed by atoms with Crippen molar-refractivity contribution in [1.29, 1.82) is 0 Å². The smallest absolute Gasteiger partial charge is 0.281 e.